The van der Waals surface area contributed by atoms with Crippen molar-refractivity contribution >= 4 is 5.97 Å². The van der Waals surface area contributed by atoms with E-state index in [9.17, 15) is 4.79 Å². The molecule has 0 amide bonds. The molecule has 1 heterocycles. The quantitative estimate of drug-likeness (QED) is 0.625. The molecule has 108 valence electrons. The van der Waals surface area contributed by atoms with Gasteiger partial charge in [-0.1, -0.05) is 24.1 Å². The average molecular weight is 281 g/mol. The standard InChI is InChI=1S/C18H19NO2/c1-5-21-18(20)17-13(2)16(19(4)14(17)3)12-11-15-9-7-6-8-10-15/h6-10H,5H2,1-4H3. The number of hydrogen-bond acceptors (Lipinski definition) is 2. The van der Waals surface area contributed by atoms with Crippen LogP contribution in [0.1, 0.15) is 39.8 Å². The number of nitrogens with zero attached hydrogens (tertiary/aromatic N) is 1. The highest BCUT2D eigenvalue weighted by molar-refractivity contribution is 5.93. The van der Waals surface area contributed by atoms with E-state index in [4.69, 9.17) is 4.74 Å². The highest BCUT2D eigenvalue weighted by Gasteiger charge is 2.20. The summed E-state index contributed by atoms with van der Waals surface area (Å²) in [5.41, 5.74) is 4.17. The minimum Gasteiger partial charge on any atom is -0.462 e. The maximum atomic E-state index is 12.0. The zero-order valence-corrected chi connectivity index (χ0v) is 12.9. The van der Waals surface area contributed by atoms with Crippen molar-refractivity contribution in [2.75, 3.05) is 6.61 Å². The van der Waals surface area contributed by atoms with Crippen LogP contribution in [-0.4, -0.2) is 17.1 Å². The monoisotopic (exact) mass is 281 g/mol. The van der Waals surface area contributed by atoms with E-state index < -0.39 is 0 Å². The second-order valence-electron chi connectivity index (χ2n) is 4.83. The third-order valence-electron chi connectivity index (χ3n) is 3.51. The molecular formula is C18H19NO2. The van der Waals surface area contributed by atoms with Crippen molar-refractivity contribution in [3.63, 3.8) is 0 Å². The Hall–Kier alpha value is -2.47. The molecule has 3 nitrogen and oxygen atoms in total. The van der Waals surface area contributed by atoms with Crippen LogP contribution >= 0.6 is 0 Å². The van der Waals surface area contributed by atoms with Gasteiger partial charge in [0.2, 0.25) is 0 Å². The highest BCUT2D eigenvalue weighted by atomic mass is 16.5. The fourth-order valence-electron chi connectivity index (χ4n) is 2.31. The number of ether oxygens (including phenoxy) is 1. The van der Waals surface area contributed by atoms with Crippen molar-refractivity contribution in [1.29, 1.82) is 0 Å². The molecule has 0 N–H and O–H groups in total. The van der Waals surface area contributed by atoms with Crippen LogP contribution in [0.2, 0.25) is 0 Å². The van der Waals surface area contributed by atoms with Gasteiger partial charge in [0.25, 0.3) is 0 Å². The zero-order valence-electron chi connectivity index (χ0n) is 12.9. The number of esters is 1. The van der Waals surface area contributed by atoms with Crippen LogP contribution in [0.15, 0.2) is 30.3 Å². The number of carbonyl (C=O) groups is 1. The first-order chi connectivity index (χ1) is 10.1. The molecule has 1 aromatic carbocycles. The van der Waals surface area contributed by atoms with Crippen LogP contribution in [-0.2, 0) is 11.8 Å². The molecule has 2 aromatic rings. The Balaban J connectivity index is 2.45. The summed E-state index contributed by atoms with van der Waals surface area (Å²) in [6, 6.07) is 9.80. The molecule has 0 unspecified atom stereocenters. The molecule has 0 aliphatic heterocycles. The molecule has 0 aliphatic carbocycles. The molecule has 3 heteroatoms. The fourth-order valence-corrected chi connectivity index (χ4v) is 2.31. The average Bonchev–Trinajstić information content (AvgIpc) is 2.69. The summed E-state index contributed by atoms with van der Waals surface area (Å²) in [5, 5.41) is 0. The Kier molecular flexibility index (Phi) is 4.49. The second-order valence-corrected chi connectivity index (χ2v) is 4.83. The number of aromatic nitrogens is 1. The molecule has 0 bridgehead atoms. The highest BCUT2D eigenvalue weighted by Crippen LogP contribution is 2.21. The summed E-state index contributed by atoms with van der Waals surface area (Å²) in [4.78, 5) is 12.0. The molecule has 0 saturated carbocycles. The van der Waals surface area contributed by atoms with Gasteiger partial charge in [0.05, 0.1) is 17.9 Å². The van der Waals surface area contributed by atoms with Crippen molar-refractivity contribution < 1.29 is 9.53 Å². The Morgan fingerprint density at radius 1 is 1.19 bits per heavy atom. The van der Waals surface area contributed by atoms with Crippen LogP contribution in [0.3, 0.4) is 0 Å². The van der Waals surface area contributed by atoms with Gasteiger partial charge >= 0.3 is 5.97 Å². The minimum atomic E-state index is -0.282. The van der Waals surface area contributed by atoms with Gasteiger partial charge in [0.1, 0.15) is 0 Å². The Bertz CT molecular complexity index is 715. The summed E-state index contributed by atoms with van der Waals surface area (Å²) >= 11 is 0. The van der Waals surface area contributed by atoms with Gasteiger partial charge in [0.15, 0.2) is 0 Å². The number of carbonyl (C=O) groups excluding carboxylic acids is 1. The second kappa shape index (κ2) is 6.32. The molecule has 1 aromatic heterocycles. The Morgan fingerprint density at radius 2 is 1.86 bits per heavy atom. The molecule has 0 radical (unpaired) electrons. The Morgan fingerprint density at radius 3 is 2.48 bits per heavy atom. The van der Waals surface area contributed by atoms with Gasteiger partial charge in [-0.3, -0.25) is 0 Å². The van der Waals surface area contributed by atoms with Gasteiger partial charge in [0, 0.05) is 18.3 Å². The van der Waals surface area contributed by atoms with Gasteiger partial charge in [-0.25, -0.2) is 4.79 Å². The van der Waals surface area contributed by atoms with Crippen LogP contribution < -0.4 is 0 Å². The normalized spacial score (nSPS) is 9.90. The Labute approximate surface area is 125 Å². The fraction of sp³-hybridized carbons (Fsp3) is 0.278. The lowest BCUT2D eigenvalue weighted by Crippen LogP contribution is -2.07. The lowest BCUT2D eigenvalue weighted by molar-refractivity contribution is 0.0524. The number of rotatable bonds is 2. The summed E-state index contributed by atoms with van der Waals surface area (Å²) in [5.74, 6) is 6.01. The largest absolute Gasteiger partial charge is 0.462 e. The zero-order chi connectivity index (χ0) is 15.4. The first kappa shape index (κ1) is 14.9. The predicted molar refractivity (Wildman–Crippen MR) is 83.3 cm³/mol. The van der Waals surface area contributed by atoms with Gasteiger partial charge in [-0.05, 0) is 44.4 Å². The molecule has 0 spiro atoms. The summed E-state index contributed by atoms with van der Waals surface area (Å²) < 4.78 is 7.06. The van der Waals surface area contributed by atoms with Crippen molar-refractivity contribution in [2.24, 2.45) is 7.05 Å². The van der Waals surface area contributed by atoms with Gasteiger partial charge in [-0.15, -0.1) is 0 Å². The molecular weight excluding hydrogens is 262 g/mol. The van der Waals surface area contributed by atoms with E-state index in [1.165, 1.54) is 0 Å². The predicted octanol–water partition coefficient (Wildman–Crippen LogP) is 3.22. The van der Waals surface area contributed by atoms with Gasteiger partial charge < -0.3 is 9.30 Å². The molecule has 2 rings (SSSR count). The topological polar surface area (TPSA) is 31.2 Å². The third kappa shape index (κ3) is 3.00. The van der Waals surface area contributed by atoms with E-state index in [2.05, 4.69) is 11.8 Å². The minimum absolute atomic E-state index is 0.282. The molecule has 0 saturated heterocycles. The summed E-state index contributed by atoms with van der Waals surface area (Å²) in [7, 11) is 1.92. The third-order valence-corrected chi connectivity index (χ3v) is 3.51. The lowest BCUT2D eigenvalue weighted by atomic mass is 10.1. The van der Waals surface area contributed by atoms with E-state index in [1.54, 1.807) is 0 Å². The SMILES string of the molecule is CCOC(=O)c1c(C)c(C#Cc2ccccc2)n(C)c1C. The van der Waals surface area contributed by atoms with Crippen molar-refractivity contribution in [1.82, 2.24) is 4.57 Å². The first-order valence-electron chi connectivity index (χ1n) is 6.96. The summed E-state index contributed by atoms with van der Waals surface area (Å²) in [6.45, 7) is 6.00. The van der Waals surface area contributed by atoms with Crippen LogP contribution in [0, 0.1) is 25.7 Å². The first-order valence-corrected chi connectivity index (χ1v) is 6.96. The molecule has 0 fully saturated rings. The smallest absolute Gasteiger partial charge is 0.340 e. The van der Waals surface area contributed by atoms with E-state index in [-0.39, 0.29) is 5.97 Å². The molecule has 0 atom stereocenters. The van der Waals surface area contributed by atoms with Crippen molar-refractivity contribution in [2.45, 2.75) is 20.8 Å². The van der Waals surface area contributed by atoms with Crippen molar-refractivity contribution in [3.8, 4) is 11.8 Å². The van der Waals surface area contributed by atoms with Crippen LogP contribution in [0.25, 0.3) is 0 Å². The summed E-state index contributed by atoms with van der Waals surface area (Å²) in [6.07, 6.45) is 0. The van der Waals surface area contributed by atoms with Crippen LogP contribution in [0.5, 0.6) is 0 Å². The lowest BCUT2D eigenvalue weighted by Gasteiger charge is -2.02. The number of hydrogen-bond donors (Lipinski definition) is 0. The maximum Gasteiger partial charge on any atom is 0.340 e. The van der Waals surface area contributed by atoms with Crippen LogP contribution in [0.4, 0.5) is 0 Å². The molecule has 0 aliphatic rings. The van der Waals surface area contributed by atoms with E-state index in [1.807, 2.05) is 62.7 Å². The van der Waals surface area contributed by atoms with E-state index >= 15 is 0 Å². The molecule has 21 heavy (non-hydrogen) atoms. The number of benzene rings is 1. The van der Waals surface area contributed by atoms with Crippen molar-refractivity contribution in [3.05, 3.63) is 58.4 Å². The maximum absolute atomic E-state index is 12.0. The van der Waals surface area contributed by atoms with Gasteiger partial charge in [-0.2, -0.15) is 0 Å². The van der Waals surface area contributed by atoms with E-state index in [0.29, 0.717) is 12.2 Å². The van der Waals surface area contributed by atoms with E-state index in [0.717, 1.165) is 22.5 Å².